The molecule has 0 bridgehead atoms. The molecule has 19 heavy (non-hydrogen) atoms. The maximum Gasteiger partial charge on any atom is 0.132 e. The van der Waals surface area contributed by atoms with E-state index in [1.165, 1.54) is 11.1 Å². The topological polar surface area (TPSA) is 27.1 Å². The fourth-order valence-corrected chi connectivity index (χ4v) is 2.00. The van der Waals surface area contributed by atoms with E-state index >= 15 is 0 Å². The van der Waals surface area contributed by atoms with Crippen molar-refractivity contribution in [2.75, 3.05) is 0 Å². The second-order valence-corrected chi connectivity index (χ2v) is 5.10. The Labute approximate surface area is 115 Å². The fraction of sp³-hybridized carbons (Fsp3) is 0.438. The van der Waals surface area contributed by atoms with Crippen molar-refractivity contribution >= 4 is 0 Å². The van der Waals surface area contributed by atoms with Crippen LogP contribution in [0.1, 0.15) is 43.1 Å². The van der Waals surface area contributed by atoms with E-state index in [9.17, 15) is 0 Å². The molecule has 0 radical (unpaired) electrons. The monoisotopic (exact) mass is 258 g/mol. The van der Waals surface area contributed by atoms with Gasteiger partial charge in [-0.15, -0.1) is 0 Å². The van der Waals surface area contributed by atoms with Crippen LogP contribution in [0.4, 0.5) is 0 Å². The fourth-order valence-electron chi connectivity index (χ4n) is 2.00. The molecule has 1 aromatic heterocycles. The Morgan fingerprint density at radius 3 is 2.74 bits per heavy atom. The van der Waals surface area contributed by atoms with Gasteiger partial charge in [0, 0.05) is 12.2 Å². The standard InChI is InChI=1S/C16H22N2O/c1-5-14(4)18-9-8-15(17-18)11-19-16-7-6-12(2)10-13(16)3/h6-10,14H,5,11H2,1-4H3. The first-order chi connectivity index (χ1) is 9.10. The molecule has 0 amide bonds. The molecule has 102 valence electrons. The van der Waals surface area contributed by atoms with Gasteiger partial charge in [0.05, 0.1) is 5.69 Å². The van der Waals surface area contributed by atoms with Crippen molar-refractivity contribution in [1.29, 1.82) is 0 Å². The largest absolute Gasteiger partial charge is 0.487 e. The molecule has 0 saturated carbocycles. The highest BCUT2D eigenvalue weighted by Crippen LogP contribution is 2.20. The number of aromatic nitrogens is 2. The van der Waals surface area contributed by atoms with Crippen LogP contribution < -0.4 is 4.74 Å². The third-order valence-electron chi connectivity index (χ3n) is 3.41. The van der Waals surface area contributed by atoms with Gasteiger partial charge in [0.2, 0.25) is 0 Å². The van der Waals surface area contributed by atoms with Crippen LogP contribution in [-0.2, 0) is 6.61 Å². The molecule has 2 rings (SSSR count). The number of ether oxygens (including phenoxy) is 1. The lowest BCUT2D eigenvalue weighted by Gasteiger charge is -2.09. The Hall–Kier alpha value is -1.77. The van der Waals surface area contributed by atoms with Gasteiger partial charge in [0.15, 0.2) is 0 Å². The molecular formula is C16H22N2O. The summed E-state index contributed by atoms with van der Waals surface area (Å²) in [6.45, 7) is 9.01. The third-order valence-corrected chi connectivity index (χ3v) is 3.41. The second kappa shape index (κ2) is 5.91. The number of aryl methyl sites for hydroxylation is 2. The molecular weight excluding hydrogens is 236 g/mol. The van der Waals surface area contributed by atoms with Gasteiger partial charge in [-0.3, -0.25) is 4.68 Å². The Morgan fingerprint density at radius 1 is 1.26 bits per heavy atom. The number of hydrogen-bond acceptors (Lipinski definition) is 2. The van der Waals surface area contributed by atoms with Crippen molar-refractivity contribution in [3.8, 4) is 5.75 Å². The number of rotatable bonds is 5. The first-order valence-electron chi connectivity index (χ1n) is 6.84. The third kappa shape index (κ3) is 3.37. The molecule has 3 heteroatoms. The summed E-state index contributed by atoms with van der Waals surface area (Å²) < 4.78 is 7.83. The molecule has 0 aliphatic heterocycles. The van der Waals surface area contributed by atoms with Crippen LogP contribution in [0.15, 0.2) is 30.5 Å². The summed E-state index contributed by atoms with van der Waals surface area (Å²) in [5.41, 5.74) is 3.40. The van der Waals surface area contributed by atoms with Gasteiger partial charge in [-0.1, -0.05) is 24.6 Å². The zero-order chi connectivity index (χ0) is 13.8. The molecule has 0 fully saturated rings. The minimum absolute atomic E-state index is 0.440. The molecule has 1 heterocycles. The van der Waals surface area contributed by atoms with E-state index in [1.807, 2.05) is 23.0 Å². The van der Waals surface area contributed by atoms with E-state index < -0.39 is 0 Å². The summed E-state index contributed by atoms with van der Waals surface area (Å²) in [7, 11) is 0. The van der Waals surface area contributed by atoms with Gasteiger partial charge >= 0.3 is 0 Å². The van der Waals surface area contributed by atoms with E-state index in [-0.39, 0.29) is 0 Å². The Kier molecular flexibility index (Phi) is 4.25. The Bertz CT molecular complexity index is 545. The molecule has 0 aliphatic carbocycles. The SMILES string of the molecule is CCC(C)n1ccc(COc2ccc(C)cc2C)n1. The molecule has 0 aliphatic rings. The molecule has 0 N–H and O–H groups in total. The minimum atomic E-state index is 0.440. The van der Waals surface area contributed by atoms with Crippen LogP contribution in [-0.4, -0.2) is 9.78 Å². The molecule has 1 atom stereocenters. The highest BCUT2D eigenvalue weighted by molar-refractivity contribution is 5.35. The van der Waals surface area contributed by atoms with E-state index in [0.717, 1.165) is 17.9 Å². The van der Waals surface area contributed by atoms with Gasteiger partial charge in [-0.2, -0.15) is 5.10 Å². The Balaban J connectivity index is 2.00. The van der Waals surface area contributed by atoms with Crippen LogP contribution in [0.2, 0.25) is 0 Å². The highest BCUT2D eigenvalue weighted by atomic mass is 16.5. The van der Waals surface area contributed by atoms with Gasteiger partial charge in [-0.25, -0.2) is 0 Å². The summed E-state index contributed by atoms with van der Waals surface area (Å²) in [4.78, 5) is 0. The predicted molar refractivity (Wildman–Crippen MR) is 77.5 cm³/mol. The lowest BCUT2D eigenvalue weighted by atomic mass is 10.1. The summed E-state index contributed by atoms with van der Waals surface area (Å²) in [5, 5.41) is 4.53. The second-order valence-electron chi connectivity index (χ2n) is 5.10. The highest BCUT2D eigenvalue weighted by Gasteiger charge is 2.06. The van der Waals surface area contributed by atoms with Gasteiger partial charge < -0.3 is 4.74 Å². The van der Waals surface area contributed by atoms with Crippen LogP contribution in [0.3, 0.4) is 0 Å². The van der Waals surface area contributed by atoms with Gasteiger partial charge in [-0.05, 0) is 44.9 Å². The zero-order valence-electron chi connectivity index (χ0n) is 12.2. The number of benzene rings is 1. The Morgan fingerprint density at radius 2 is 2.05 bits per heavy atom. The quantitative estimate of drug-likeness (QED) is 0.809. The van der Waals surface area contributed by atoms with E-state index in [2.05, 4.69) is 44.9 Å². The zero-order valence-corrected chi connectivity index (χ0v) is 12.2. The summed E-state index contributed by atoms with van der Waals surface area (Å²) in [6.07, 6.45) is 3.11. The van der Waals surface area contributed by atoms with Crippen molar-refractivity contribution in [3.63, 3.8) is 0 Å². The summed E-state index contributed by atoms with van der Waals surface area (Å²) in [5.74, 6) is 0.934. The number of hydrogen-bond donors (Lipinski definition) is 0. The van der Waals surface area contributed by atoms with Crippen molar-refractivity contribution < 1.29 is 4.74 Å². The van der Waals surface area contributed by atoms with Crippen LogP contribution in [0, 0.1) is 13.8 Å². The first-order valence-corrected chi connectivity index (χ1v) is 6.84. The molecule has 1 unspecified atom stereocenters. The molecule has 0 spiro atoms. The molecule has 3 nitrogen and oxygen atoms in total. The minimum Gasteiger partial charge on any atom is -0.487 e. The van der Waals surface area contributed by atoms with Crippen molar-refractivity contribution in [3.05, 3.63) is 47.3 Å². The van der Waals surface area contributed by atoms with Crippen molar-refractivity contribution in [2.45, 2.75) is 46.8 Å². The average Bonchev–Trinajstić information content (AvgIpc) is 2.85. The summed E-state index contributed by atoms with van der Waals surface area (Å²) in [6, 6.07) is 8.69. The lowest BCUT2D eigenvalue weighted by Crippen LogP contribution is -2.06. The van der Waals surface area contributed by atoms with Crippen LogP contribution in [0.25, 0.3) is 0 Å². The van der Waals surface area contributed by atoms with E-state index in [0.29, 0.717) is 12.6 Å². The molecule has 0 saturated heterocycles. The normalized spacial score (nSPS) is 12.4. The van der Waals surface area contributed by atoms with Gasteiger partial charge in [0.1, 0.15) is 12.4 Å². The number of nitrogens with zero attached hydrogens (tertiary/aromatic N) is 2. The maximum atomic E-state index is 5.83. The first kappa shape index (κ1) is 13.7. The van der Waals surface area contributed by atoms with E-state index in [1.54, 1.807) is 0 Å². The summed E-state index contributed by atoms with van der Waals surface area (Å²) >= 11 is 0. The van der Waals surface area contributed by atoms with Crippen molar-refractivity contribution in [2.24, 2.45) is 0 Å². The smallest absolute Gasteiger partial charge is 0.132 e. The van der Waals surface area contributed by atoms with Crippen LogP contribution >= 0.6 is 0 Å². The lowest BCUT2D eigenvalue weighted by molar-refractivity contribution is 0.296. The van der Waals surface area contributed by atoms with E-state index in [4.69, 9.17) is 4.74 Å². The van der Waals surface area contributed by atoms with Crippen LogP contribution in [0.5, 0.6) is 5.75 Å². The molecule has 2 aromatic rings. The molecule has 1 aromatic carbocycles. The predicted octanol–water partition coefficient (Wildman–Crippen LogP) is 4.05. The van der Waals surface area contributed by atoms with Crippen molar-refractivity contribution in [1.82, 2.24) is 9.78 Å². The average molecular weight is 258 g/mol. The maximum absolute atomic E-state index is 5.83. The van der Waals surface area contributed by atoms with Gasteiger partial charge in [0.25, 0.3) is 0 Å².